The molecule has 0 aliphatic carbocycles. The Hall–Kier alpha value is -2.49. The highest BCUT2D eigenvalue weighted by molar-refractivity contribution is 7.89. The van der Waals surface area contributed by atoms with Crippen molar-refractivity contribution >= 4 is 16.1 Å². The van der Waals surface area contributed by atoms with Crippen LogP contribution in [0.5, 0.6) is 0 Å². The van der Waals surface area contributed by atoms with Crippen molar-refractivity contribution in [1.82, 2.24) is 19.4 Å². The molecule has 33 heavy (non-hydrogen) atoms. The Labute approximate surface area is 196 Å². The number of nitrogens with one attached hydrogen (secondary N) is 1. The quantitative estimate of drug-likeness (QED) is 0.635. The Morgan fingerprint density at radius 3 is 2.39 bits per heavy atom. The summed E-state index contributed by atoms with van der Waals surface area (Å²) in [5.74, 6) is -0.480. The molecule has 7 nitrogen and oxygen atoms in total. The maximum Gasteiger partial charge on any atom is 0.317 e. The van der Waals surface area contributed by atoms with Crippen LogP contribution in [-0.4, -0.2) is 67.8 Å². The molecule has 2 amide bonds. The molecule has 0 bridgehead atoms. The zero-order valence-electron chi connectivity index (χ0n) is 19.3. The van der Waals surface area contributed by atoms with Crippen LogP contribution < -0.4 is 5.32 Å². The number of sulfonamides is 1. The Kier molecular flexibility index (Phi) is 8.82. The molecule has 2 aromatic rings. The molecule has 1 aliphatic rings. The zero-order chi connectivity index (χ0) is 23.8. The summed E-state index contributed by atoms with van der Waals surface area (Å²) < 4.78 is 40.3. The molecule has 0 spiro atoms. The second kappa shape index (κ2) is 11.6. The fraction of sp³-hybridized carbons (Fsp3) is 0.458. The van der Waals surface area contributed by atoms with Crippen LogP contribution in [-0.2, 0) is 23.1 Å². The average Bonchev–Trinajstić information content (AvgIpc) is 3.08. The lowest BCUT2D eigenvalue weighted by atomic mass is 10.1. The first-order valence-corrected chi connectivity index (χ1v) is 12.9. The summed E-state index contributed by atoms with van der Waals surface area (Å²) in [5.41, 5.74) is 2.24. The molecule has 0 aromatic heterocycles. The molecule has 0 radical (unpaired) electrons. The fourth-order valence-electron chi connectivity index (χ4n) is 3.93. The second-order valence-electron chi connectivity index (χ2n) is 8.14. The zero-order valence-corrected chi connectivity index (χ0v) is 20.2. The molecule has 1 fully saturated rings. The largest absolute Gasteiger partial charge is 0.334 e. The highest BCUT2D eigenvalue weighted by Crippen LogP contribution is 2.18. The lowest BCUT2D eigenvalue weighted by molar-refractivity contribution is 0.200. The molecule has 1 N–H and O–H groups in total. The van der Waals surface area contributed by atoms with Crippen molar-refractivity contribution in [2.24, 2.45) is 0 Å². The van der Waals surface area contributed by atoms with Crippen LogP contribution in [0, 0.1) is 5.82 Å². The fourth-order valence-corrected chi connectivity index (χ4v) is 5.40. The molecule has 1 heterocycles. The molecule has 1 aliphatic heterocycles. The number of hydrogen-bond acceptors (Lipinski definition) is 4. The number of rotatable bonds is 8. The van der Waals surface area contributed by atoms with Crippen molar-refractivity contribution in [1.29, 1.82) is 0 Å². The molecule has 3 rings (SSSR count). The molecule has 1 saturated heterocycles. The van der Waals surface area contributed by atoms with Gasteiger partial charge in [-0.2, -0.15) is 4.31 Å². The van der Waals surface area contributed by atoms with Crippen LogP contribution >= 0.6 is 0 Å². The average molecular weight is 477 g/mol. The van der Waals surface area contributed by atoms with Gasteiger partial charge in [0.05, 0.1) is 4.90 Å². The number of hydrogen-bond donors (Lipinski definition) is 1. The van der Waals surface area contributed by atoms with E-state index in [0.29, 0.717) is 32.6 Å². The van der Waals surface area contributed by atoms with Crippen LogP contribution in [0.4, 0.5) is 9.18 Å². The van der Waals surface area contributed by atoms with Gasteiger partial charge in [0.1, 0.15) is 5.82 Å². The van der Waals surface area contributed by atoms with Gasteiger partial charge in [-0.3, -0.25) is 4.90 Å². The first-order chi connectivity index (χ1) is 15.8. The lowest BCUT2D eigenvalue weighted by Crippen LogP contribution is -2.42. The summed E-state index contributed by atoms with van der Waals surface area (Å²) in [7, 11) is -3.72. The molecule has 0 unspecified atom stereocenters. The van der Waals surface area contributed by atoms with Crippen molar-refractivity contribution in [3.63, 3.8) is 0 Å². The first-order valence-electron chi connectivity index (χ1n) is 11.4. The molecule has 0 atom stereocenters. The minimum Gasteiger partial charge on any atom is -0.334 e. The molecular weight excluding hydrogens is 443 g/mol. The monoisotopic (exact) mass is 476 g/mol. The SMILES string of the molecule is CCN(CC)Cc1cccc(CNC(=O)N2CCCN(S(=O)(=O)c3ccc(F)cc3)CC2)c1. The molecule has 2 aromatic carbocycles. The number of amides is 2. The number of nitrogens with zero attached hydrogens (tertiary/aromatic N) is 3. The topological polar surface area (TPSA) is 73.0 Å². The smallest absolute Gasteiger partial charge is 0.317 e. The van der Waals surface area contributed by atoms with Gasteiger partial charge in [0, 0.05) is 39.3 Å². The summed E-state index contributed by atoms with van der Waals surface area (Å²) >= 11 is 0. The van der Waals surface area contributed by atoms with Crippen LogP contribution in [0.1, 0.15) is 31.4 Å². The van der Waals surface area contributed by atoms with Crippen molar-refractivity contribution in [2.75, 3.05) is 39.3 Å². The van der Waals surface area contributed by atoms with E-state index >= 15 is 0 Å². The maximum atomic E-state index is 13.2. The van der Waals surface area contributed by atoms with E-state index in [2.05, 4.69) is 36.2 Å². The third kappa shape index (κ3) is 6.75. The summed E-state index contributed by atoms with van der Waals surface area (Å²) in [5, 5.41) is 2.96. The molecule has 0 saturated carbocycles. The van der Waals surface area contributed by atoms with Gasteiger partial charge in [0.25, 0.3) is 0 Å². The Bertz CT molecular complexity index is 1030. The van der Waals surface area contributed by atoms with Gasteiger partial charge in [0.2, 0.25) is 10.0 Å². The normalized spacial score (nSPS) is 15.5. The highest BCUT2D eigenvalue weighted by atomic mass is 32.2. The van der Waals surface area contributed by atoms with Gasteiger partial charge in [-0.25, -0.2) is 17.6 Å². The first kappa shape index (κ1) is 25.1. The summed E-state index contributed by atoms with van der Waals surface area (Å²) in [6, 6.07) is 12.8. The summed E-state index contributed by atoms with van der Waals surface area (Å²) in [6.45, 7) is 8.83. The number of carbonyl (C=O) groups is 1. The number of urea groups is 1. The van der Waals surface area contributed by atoms with Gasteiger partial charge < -0.3 is 10.2 Å². The van der Waals surface area contributed by atoms with E-state index in [9.17, 15) is 17.6 Å². The van der Waals surface area contributed by atoms with Gasteiger partial charge >= 0.3 is 6.03 Å². The van der Waals surface area contributed by atoms with E-state index in [-0.39, 0.29) is 17.5 Å². The summed E-state index contributed by atoms with van der Waals surface area (Å²) in [4.78, 5) is 16.8. The van der Waals surface area contributed by atoms with Crippen molar-refractivity contribution in [3.05, 3.63) is 65.5 Å². The second-order valence-corrected chi connectivity index (χ2v) is 10.1. The molecule has 180 valence electrons. The Morgan fingerprint density at radius 2 is 1.70 bits per heavy atom. The standard InChI is InChI=1S/C24H33FN4O3S/c1-3-27(4-2)19-21-8-5-7-20(17-21)18-26-24(30)28-13-6-14-29(16-15-28)33(31,32)23-11-9-22(25)10-12-23/h5,7-12,17H,3-4,6,13-16,18-19H2,1-2H3,(H,26,30). The van der Waals surface area contributed by atoms with Gasteiger partial charge in [0.15, 0.2) is 0 Å². The third-order valence-electron chi connectivity index (χ3n) is 5.93. The van der Waals surface area contributed by atoms with Crippen LogP contribution in [0.3, 0.4) is 0 Å². The van der Waals surface area contributed by atoms with Crippen LogP contribution in [0.2, 0.25) is 0 Å². The predicted molar refractivity (Wildman–Crippen MR) is 127 cm³/mol. The maximum absolute atomic E-state index is 13.2. The minimum absolute atomic E-state index is 0.0615. The number of halogens is 1. The van der Waals surface area contributed by atoms with Crippen molar-refractivity contribution in [2.45, 2.75) is 38.3 Å². The van der Waals surface area contributed by atoms with E-state index in [0.717, 1.165) is 37.3 Å². The molecule has 9 heteroatoms. The van der Waals surface area contributed by atoms with Gasteiger partial charge in [-0.15, -0.1) is 0 Å². The predicted octanol–water partition coefficient (Wildman–Crippen LogP) is 3.27. The van der Waals surface area contributed by atoms with E-state index in [1.165, 1.54) is 22.0 Å². The minimum atomic E-state index is -3.72. The van der Waals surface area contributed by atoms with Crippen LogP contribution in [0.15, 0.2) is 53.4 Å². The Balaban J connectivity index is 1.55. The molecular formula is C24H33FN4O3S. The number of carbonyl (C=O) groups excluding carboxylic acids is 1. The van der Waals surface area contributed by atoms with Gasteiger partial charge in [-0.1, -0.05) is 38.1 Å². The van der Waals surface area contributed by atoms with Crippen molar-refractivity contribution < 1.29 is 17.6 Å². The lowest BCUT2D eigenvalue weighted by Gasteiger charge is -2.22. The highest BCUT2D eigenvalue weighted by Gasteiger charge is 2.28. The number of benzene rings is 2. The van der Waals surface area contributed by atoms with E-state index < -0.39 is 15.8 Å². The van der Waals surface area contributed by atoms with Crippen LogP contribution in [0.25, 0.3) is 0 Å². The van der Waals surface area contributed by atoms with E-state index in [4.69, 9.17) is 0 Å². The summed E-state index contributed by atoms with van der Waals surface area (Å²) in [6.07, 6.45) is 0.535. The Morgan fingerprint density at radius 1 is 1.00 bits per heavy atom. The van der Waals surface area contributed by atoms with E-state index in [1.54, 1.807) is 4.90 Å². The third-order valence-corrected chi connectivity index (χ3v) is 7.84. The van der Waals surface area contributed by atoms with Crippen molar-refractivity contribution in [3.8, 4) is 0 Å². The van der Waals surface area contributed by atoms with E-state index in [1.807, 2.05) is 12.1 Å². The van der Waals surface area contributed by atoms with Gasteiger partial charge in [-0.05, 0) is 54.9 Å².